The summed E-state index contributed by atoms with van der Waals surface area (Å²) in [5.74, 6) is -2.48. The second kappa shape index (κ2) is 12.2. The fourth-order valence-electron chi connectivity index (χ4n) is 3.13. The van der Waals surface area contributed by atoms with Crippen molar-refractivity contribution >= 4 is 50.4 Å². The molecule has 0 unspecified atom stereocenters. The van der Waals surface area contributed by atoms with Gasteiger partial charge in [0.15, 0.2) is 0 Å². The maximum atomic E-state index is 11.8. The quantitative estimate of drug-likeness (QED) is 0.278. The molecular weight excluding hydrogens is 511 g/mol. The monoisotopic (exact) mass is 536 g/mol. The van der Waals surface area contributed by atoms with Gasteiger partial charge in [-0.05, 0) is 0 Å². The molecule has 1 heterocycles. The zero-order chi connectivity index (χ0) is 23.8. The Morgan fingerprint density at radius 3 is 2.06 bits per heavy atom. The average molecular weight is 536 g/mol. The van der Waals surface area contributed by atoms with Gasteiger partial charge in [0.25, 0.3) is 0 Å². The third kappa shape index (κ3) is 8.09. The molecule has 32 heavy (non-hydrogen) atoms. The van der Waals surface area contributed by atoms with Crippen LogP contribution < -0.4 is 0 Å². The minimum atomic E-state index is -1.14. The molecule has 0 N–H and O–H groups in total. The van der Waals surface area contributed by atoms with Crippen molar-refractivity contribution in [2.24, 2.45) is 0 Å². The number of carbonyl (C=O) groups excluding carboxylic acids is 4. The maximum absolute atomic E-state index is 11.8. The Morgan fingerprint density at radius 2 is 1.50 bits per heavy atom. The van der Waals surface area contributed by atoms with Crippen LogP contribution in [0.2, 0.25) is 5.02 Å². The number of halogens is 1. The molecule has 1 aromatic rings. The van der Waals surface area contributed by atoms with Gasteiger partial charge >= 0.3 is 197 Å². The molecule has 2 rings (SSSR count). The summed E-state index contributed by atoms with van der Waals surface area (Å²) >= 11 is 5.74. The van der Waals surface area contributed by atoms with Gasteiger partial charge in [0, 0.05) is 0 Å². The molecule has 0 aliphatic carbocycles. The van der Waals surface area contributed by atoms with Crippen LogP contribution in [0.25, 0.3) is 0 Å². The molecule has 0 aromatic heterocycles. The van der Waals surface area contributed by atoms with Gasteiger partial charge in [-0.15, -0.1) is 0 Å². The van der Waals surface area contributed by atoms with Crippen LogP contribution in [0.5, 0.6) is 0 Å². The average Bonchev–Trinajstić information content (AvgIpc) is 2.67. The molecule has 0 spiro atoms. The van der Waals surface area contributed by atoms with Crippen molar-refractivity contribution in [3.63, 3.8) is 0 Å². The zero-order valence-corrected chi connectivity index (χ0v) is 20.5. The van der Waals surface area contributed by atoms with E-state index < -0.39 is 53.3 Å². The van der Waals surface area contributed by atoms with Gasteiger partial charge < -0.3 is 0 Å². The van der Waals surface area contributed by atoms with Gasteiger partial charge in [-0.25, -0.2) is 0 Å². The van der Waals surface area contributed by atoms with Crippen LogP contribution >= 0.6 is 11.6 Å². The Labute approximate surface area is 197 Å². The summed E-state index contributed by atoms with van der Waals surface area (Å²) in [5, 5.41) is 0.475. The van der Waals surface area contributed by atoms with E-state index in [-0.39, 0.29) is 21.6 Å². The fraction of sp³-hybridized carbons (Fsp3) is 0.524. The van der Waals surface area contributed by atoms with Crippen molar-refractivity contribution in [2.45, 2.75) is 62.4 Å². The number of esters is 4. The van der Waals surface area contributed by atoms with Crippen LogP contribution in [0.4, 0.5) is 0 Å². The Bertz CT molecular complexity index is 846. The summed E-state index contributed by atoms with van der Waals surface area (Å²) in [6, 6.07) is 7.29. The van der Waals surface area contributed by atoms with E-state index in [0.29, 0.717) is 10.3 Å². The molecule has 0 saturated carbocycles. The molecule has 1 fully saturated rings. The third-order valence-electron chi connectivity index (χ3n) is 4.25. The number of carbonyl (C=O) groups is 4. The molecule has 1 aliphatic rings. The van der Waals surface area contributed by atoms with E-state index in [0.717, 1.165) is 5.56 Å². The van der Waals surface area contributed by atoms with E-state index in [2.05, 4.69) is 0 Å². The van der Waals surface area contributed by atoms with E-state index in [1.807, 2.05) is 18.2 Å². The van der Waals surface area contributed by atoms with Gasteiger partial charge in [0.1, 0.15) is 0 Å². The molecule has 0 radical (unpaired) electrons. The van der Waals surface area contributed by atoms with E-state index in [1.54, 1.807) is 6.07 Å². The Kier molecular flexibility index (Phi) is 9.96. The van der Waals surface area contributed by atoms with Crippen LogP contribution in [0.15, 0.2) is 24.3 Å². The molecule has 11 heteroatoms. The summed E-state index contributed by atoms with van der Waals surface area (Å²) in [4.78, 5) is 46.8. The molecule has 1 saturated heterocycles. The molecule has 1 aliphatic heterocycles. The number of rotatable bonds is 8. The summed E-state index contributed by atoms with van der Waals surface area (Å²) in [7, 11) is 0. The van der Waals surface area contributed by atoms with Gasteiger partial charge in [0.05, 0.1) is 0 Å². The number of hydrogen-bond donors (Lipinski definition) is 0. The van der Waals surface area contributed by atoms with Crippen molar-refractivity contribution in [2.75, 3.05) is 6.61 Å². The summed E-state index contributed by atoms with van der Waals surface area (Å²) in [6.07, 6.45) is -4.22. The number of hydrogen-bond acceptors (Lipinski definition) is 9. The molecule has 1 aromatic carbocycles. The second-order valence-corrected chi connectivity index (χ2v) is 9.72. The summed E-state index contributed by atoms with van der Waals surface area (Å²) < 4.78 is 27.4. The van der Waals surface area contributed by atoms with E-state index in [4.69, 9.17) is 35.3 Å². The Hall–Kier alpha value is -2.13. The topological polar surface area (TPSA) is 114 Å². The van der Waals surface area contributed by atoms with Gasteiger partial charge in [-0.3, -0.25) is 0 Å². The van der Waals surface area contributed by atoms with Gasteiger partial charge in [-0.2, -0.15) is 0 Å². The van der Waals surface area contributed by atoms with E-state index >= 15 is 0 Å². The van der Waals surface area contributed by atoms with Crippen molar-refractivity contribution in [1.29, 1.82) is 0 Å². The minimum absolute atomic E-state index is 0.235. The predicted molar refractivity (Wildman–Crippen MR) is 113 cm³/mol. The van der Waals surface area contributed by atoms with Crippen molar-refractivity contribution in [3.05, 3.63) is 34.9 Å². The first-order valence-corrected chi connectivity index (χ1v) is 12.3. The molecule has 5 atom stereocenters. The number of ether oxygens (including phenoxy) is 5. The van der Waals surface area contributed by atoms with Crippen LogP contribution in [-0.4, -0.2) is 74.9 Å². The molecule has 9 nitrogen and oxygen atoms in total. The van der Waals surface area contributed by atoms with Gasteiger partial charge in [0.2, 0.25) is 0 Å². The van der Waals surface area contributed by atoms with Crippen molar-refractivity contribution in [1.82, 2.24) is 0 Å². The molecule has 176 valence electrons. The van der Waals surface area contributed by atoms with Crippen molar-refractivity contribution < 1.29 is 42.9 Å². The SMILES string of the molecule is CC(=O)OC[C@H]1O[C@@H]([Se]Cc2cccc(Cl)c2)[C@H](OC(C)=O)[C@@H](OC(C)=O)[C@@H]1OC(C)=O. The Balaban J connectivity index is 2.36. The van der Waals surface area contributed by atoms with E-state index in [1.165, 1.54) is 27.7 Å². The van der Waals surface area contributed by atoms with Crippen LogP contribution in [0.1, 0.15) is 33.3 Å². The molecular formula is C21H25ClO9Se. The van der Waals surface area contributed by atoms with Crippen LogP contribution in [0.3, 0.4) is 0 Å². The van der Waals surface area contributed by atoms with Crippen LogP contribution in [0, 0.1) is 0 Å². The summed E-state index contributed by atoms with van der Waals surface area (Å²) in [5.41, 5.74) is 0.949. The molecule has 0 amide bonds. The van der Waals surface area contributed by atoms with Crippen LogP contribution in [-0.2, 0) is 48.2 Å². The molecule has 0 bridgehead atoms. The van der Waals surface area contributed by atoms with Gasteiger partial charge in [-0.1, -0.05) is 0 Å². The second-order valence-electron chi connectivity index (χ2n) is 7.01. The zero-order valence-electron chi connectivity index (χ0n) is 18.1. The third-order valence-corrected chi connectivity index (χ3v) is 7.02. The first-order chi connectivity index (χ1) is 15.1. The number of benzene rings is 1. The Morgan fingerprint density at radius 1 is 0.906 bits per heavy atom. The van der Waals surface area contributed by atoms with Crippen molar-refractivity contribution in [3.8, 4) is 0 Å². The first-order valence-electron chi connectivity index (χ1n) is 9.73. The predicted octanol–water partition coefficient (Wildman–Crippen LogP) is 1.63. The normalized spacial score (nSPS) is 24.8. The standard InChI is InChI=1S/C21H25ClO9Se/c1-11(23)27-9-17-18(28-12(2)24)19(29-13(3)25)20(30-14(4)26)21(31-17)32-10-15-6-5-7-16(22)8-15/h5-8,17-21H,9-10H2,1-4H3/t17-,18-,19+,20-,21+/m1/s1. The van der Waals surface area contributed by atoms with E-state index in [9.17, 15) is 19.2 Å². The first kappa shape index (κ1) is 26.1. The summed E-state index contributed by atoms with van der Waals surface area (Å²) in [6.45, 7) is 4.59. The fourth-order valence-corrected chi connectivity index (χ4v) is 5.77.